The Morgan fingerprint density at radius 1 is 1.08 bits per heavy atom. The third kappa shape index (κ3) is 6.08. The van der Waals surface area contributed by atoms with Crippen molar-refractivity contribution in [3.63, 3.8) is 0 Å². The second-order valence-electron chi connectivity index (χ2n) is 10.5. The molecule has 8 nitrogen and oxygen atoms in total. The molecular weight excluding hydrogens is 470 g/mol. The summed E-state index contributed by atoms with van der Waals surface area (Å²) in [7, 11) is 0. The van der Waals surface area contributed by atoms with Gasteiger partial charge in [-0.1, -0.05) is 49.6 Å². The Morgan fingerprint density at radius 2 is 1.86 bits per heavy atom. The summed E-state index contributed by atoms with van der Waals surface area (Å²) >= 11 is 0. The lowest BCUT2D eigenvalue weighted by Crippen LogP contribution is -2.47. The SMILES string of the molecule is C[C@H](NC(=O)C[C@H]1C[C@@H]2c3cc(NC(=O)NC4CCCCC4)ccc3O[C@@H]2[C@H](CO)O1)c1ccccc1. The maximum Gasteiger partial charge on any atom is 0.319 e. The number of anilines is 1. The Hall–Kier alpha value is -3.10. The average molecular weight is 508 g/mol. The molecule has 5 rings (SSSR count). The molecule has 0 radical (unpaired) electrons. The summed E-state index contributed by atoms with van der Waals surface area (Å²) in [5.41, 5.74) is 2.72. The van der Waals surface area contributed by atoms with Crippen LogP contribution in [-0.2, 0) is 9.53 Å². The monoisotopic (exact) mass is 507 g/mol. The molecule has 1 aliphatic carbocycles. The summed E-state index contributed by atoms with van der Waals surface area (Å²) in [5, 5.41) is 19.1. The van der Waals surface area contributed by atoms with Crippen LogP contribution >= 0.6 is 0 Å². The summed E-state index contributed by atoms with van der Waals surface area (Å²) in [6.07, 6.45) is 5.20. The Labute approximate surface area is 218 Å². The first-order valence-electron chi connectivity index (χ1n) is 13.5. The van der Waals surface area contributed by atoms with Gasteiger partial charge in [0.15, 0.2) is 0 Å². The molecular formula is C29H37N3O5. The number of fused-ring (bicyclic) bond motifs is 3. The number of nitrogens with one attached hydrogen (secondary N) is 3. The Bertz CT molecular complexity index is 1090. The first-order valence-corrected chi connectivity index (χ1v) is 13.5. The number of amides is 3. The fourth-order valence-electron chi connectivity index (χ4n) is 5.90. The minimum Gasteiger partial charge on any atom is -0.487 e. The van der Waals surface area contributed by atoms with Gasteiger partial charge in [0.25, 0.3) is 0 Å². The highest BCUT2D eigenvalue weighted by atomic mass is 16.6. The molecule has 198 valence electrons. The van der Waals surface area contributed by atoms with Gasteiger partial charge in [0.05, 0.1) is 25.2 Å². The van der Waals surface area contributed by atoms with Gasteiger partial charge >= 0.3 is 6.03 Å². The predicted molar refractivity (Wildman–Crippen MR) is 141 cm³/mol. The van der Waals surface area contributed by atoms with Crippen LogP contribution in [0.5, 0.6) is 5.75 Å². The molecule has 37 heavy (non-hydrogen) atoms. The van der Waals surface area contributed by atoms with Crippen LogP contribution in [0.2, 0.25) is 0 Å². The van der Waals surface area contributed by atoms with E-state index in [4.69, 9.17) is 9.47 Å². The molecule has 0 unspecified atom stereocenters. The second-order valence-corrected chi connectivity index (χ2v) is 10.5. The molecule has 2 heterocycles. The van der Waals surface area contributed by atoms with Crippen LogP contribution in [0.3, 0.4) is 0 Å². The van der Waals surface area contributed by atoms with Crippen molar-refractivity contribution in [3.8, 4) is 5.75 Å². The summed E-state index contributed by atoms with van der Waals surface area (Å²) in [5.74, 6) is 0.608. The number of benzene rings is 2. The highest BCUT2D eigenvalue weighted by Gasteiger charge is 2.46. The van der Waals surface area contributed by atoms with Crippen LogP contribution in [0.4, 0.5) is 10.5 Å². The van der Waals surface area contributed by atoms with Gasteiger partial charge < -0.3 is 30.5 Å². The van der Waals surface area contributed by atoms with Crippen LogP contribution in [0.25, 0.3) is 0 Å². The summed E-state index contributed by atoms with van der Waals surface area (Å²) in [6, 6.07) is 15.4. The van der Waals surface area contributed by atoms with Crippen molar-refractivity contribution in [2.45, 2.75) is 88.2 Å². The van der Waals surface area contributed by atoms with Crippen LogP contribution in [0.15, 0.2) is 48.5 Å². The molecule has 2 aliphatic heterocycles. The third-order valence-corrected chi connectivity index (χ3v) is 7.79. The van der Waals surface area contributed by atoms with Crippen molar-refractivity contribution < 1.29 is 24.2 Å². The molecule has 1 saturated heterocycles. The fraction of sp³-hybridized carbons (Fsp3) is 0.517. The maximum absolute atomic E-state index is 12.8. The number of carbonyl (C=O) groups is 2. The maximum atomic E-state index is 12.8. The normalized spacial score (nSPS) is 25.8. The van der Waals surface area contributed by atoms with E-state index in [9.17, 15) is 14.7 Å². The van der Waals surface area contributed by atoms with Crippen molar-refractivity contribution in [1.29, 1.82) is 0 Å². The van der Waals surface area contributed by atoms with E-state index in [1.807, 2.05) is 55.5 Å². The number of aliphatic hydroxyl groups excluding tert-OH is 1. The summed E-state index contributed by atoms with van der Waals surface area (Å²) < 4.78 is 12.3. The molecule has 2 aromatic rings. The standard InChI is InChI=1S/C29H37N3O5/c1-18(19-8-4-2-5-9-19)30-27(34)16-22-15-24-23-14-21(32-29(35)31-20-10-6-3-7-11-20)12-13-25(23)37-28(24)26(17-33)36-22/h2,4-5,8-9,12-14,18,20,22,24,26,28,33H,3,6-7,10-11,15-17H2,1H3,(H,30,34)(H2,31,32,35)/t18-,22+,24+,26-,28-/m0/s1. The zero-order valence-electron chi connectivity index (χ0n) is 21.3. The molecule has 2 fully saturated rings. The molecule has 0 aromatic heterocycles. The van der Waals surface area contributed by atoms with E-state index in [0.717, 1.165) is 42.6 Å². The van der Waals surface area contributed by atoms with Gasteiger partial charge in [0.1, 0.15) is 18.0 Å². The molecule has 1 saturated carbocycles. The van der Waals surface area contributed by atoms with E-state index in [1.165, 1.54) is 6.42 Å². The average Bonchev–Trinajstić information content (AvgIpc) is 3.27. The smallest absolute Gasteiger partial charge is 0.319 e. The van der Waals surface area contributed by atoms with Crippen molar-refractivity contribution in [1.82, 2.24) is 10.6 Å². The van der Waals surface area contributed by atoms with E-state index in [1.54, 1.807) is 0 Å². The first kappa shape index (κ1) is 25.5. The summed E-state index contributed by atoms with van der Waals surface area (Å²) in [6.45, 7) is 1.77. The van der Waals surface area contributed by atoms with Gasteiger partial charge in [-0.15, -0.1) is 0 Å². The number of hydrogen-bond acceptors (Lipinski definition) is 5. The Balaban J connectivity index is 1.22. The topological polar surface area (TPSA) is 109 Å². The molecule has 4 N–H and O–H groups in total. The predicted octanol–water partition coefficient (Wildman–Crippen LogP) is 4.40. The van der Waals surface area contributed by atoms with Gasteiger partial charge in [-0.3, -0.25) is 4.79 Å². The molecule has 5 atom stereocenters. The Morgan fingerprint density at radius 3 is 2.62 bits per heavy atom. The highest BCUT2D eigenvalue weighted by molar-refractivity contribution is 5.89. The molecule has 2 aromatic carbocycles. The fourth-order valence-corrected chi connectivity index (χ4v) is 5.90. The van der Waals surface area contributed by atoms with E-state index < -0.39 is 6.10 Å². The van der Waals surface area contributed by atoms with Gasteiger partial charge in [-0.05, 0) is 49.9 Å². The third-order valence-electron chi connectivity index (χ3n) is 7.79. The van der Waals surface area contributed by atoms with Gasteiger partial charge in [0, 0.05) is 23.2 Å². The van der Waals surface area contributed by atoms with E-state index in [2.05, 4.69) is 16.0 Å². The minimum atomic E-state index is -0.526. The van der Waals surface area contributed by atoms with E-state index in [0.29, 0.717) is 12.1 Å². The van der Waals surface area contributed by atoms with Crippen LogP contribution in [0.1, 0.15) is 75.0 Å². The molecule has 0 spiro atoms. The van der Waals surface area contributed by atoms with Crippen molar-refractivity contribution in [2.75, 3.05) is 11.9 Å². The first-order chi connectivity index (χ1) is 18.0. The Kier molecular flexibility index (Phi) is 7.96. The van der Waals surface area contributed by atoms with Gasteiger partial charge in [-0.25, -0.2) is 4.79 Å². The zero-order chi connectivity index (χ0) is 25.8. The number of hydrogen-bond donors (Lipinski definition) is 4. The minimum absolute atomic E-state index is 0.0339. The lowest BCUT2D eigenvalue weighted by molar-refractivity contribution is -0.142. The number of ether oxygens (including phenoxy) is 2. The lowest BCUT2D eigenvalue weighted by atomic mass is 9.84. The van der Waals surface area contributed by atoms with Gasteiger partial charge in [0.2, 0.25) is 5.91 Å². The van der Waals surface area contributed by atoms with Crippen molar-refractivity contribution in [2.24, 2.45) is 0 Å². The van der Waals surface area contributed by atoms with E-state index >= 15 is 0 Å². The second kappa shape index (κ2) is 11.5. The molecule has 8 heteroatoms. The van der Waals surface area contributed by atoms with Crippen molar-refractivity contribution >= 4 is 17.6 Å². The number of aliphatic hydroxyl groups is 1. The summed E-state index contributed by atoms with van der Waals surface area (Å²) in [4.78, 5) is 25.4. The number of rotatable bonds is 7. The number of carbonyl (C=O) groups excluding carboxylic acids is 2. The van der Waals surface area contributed by atoms with Crippen molar-refractivity contribution in [3.05, 3.63) is 59.7 Å². The zero-order valence-corrected chi connectivity index (χ0v) is 21.3. The highest BCUT2D eigenvalue weighted by Crippen LogP contribution is 2.47. The van der Waals surface area contributed by atoms with E-state index in [-0.39, 0.29) is 55.2 Å². The molecule has 3 aliphatic rings. The van der Waals surface area contributed by atoms with Gasteiger partial charge in [-0.2, -0.15) is 0 Å². The quantitative estimate of drug-likeness (QED) is 0.444. The molecule has 0 bridgehead atoms. The molecule has 3 amide bonds. The van der Waals surface area contributed by atoms with Crippen LogP contribution < -0.4 is 20.7 Å². The lowest BCUT2D eigenvalue weighted by Gasteiger charge is -2.37. The van der Waals surface area contributed by atoms with Crippen LogP contribution in [0, 0.1) is 0 Å². The number of urea groups is 1. The van der Waals surface area contributed by atoms with Crippen LogP contribution in [-0.4, -0.2) is 48.0 Å². The largest absolute Gasteiger partial charge is 0.487 e.